The summed E-state index contributed by atoms with van der Waals surface area (Å²) in [5.41, 5.74) is -1.26. The first-order chi connectivity index (χ1) is 12.3. The number of pyridine rings is 1. The molecule has 0 radical (unpaired) electrons. The second-order valence-corrected chi connectivity index (χ2v) is 5.59. The van der Waals surface area contributed by atoms with E-state index in [0.717, 1.165) is 22.9 Å². The molecule has 1 saturated heterocycles. The third-order valence-electron chi connectivity index (χ3n) is 3.85. The molecule has 0 atom stereocenters. The van der Waals surface area contributed by atoms with Crippen molar-refractivity contribution in [2.75, 3.05) is 6.67 Å². The quantitative estimate of drug-likeness (QED) is 0.618. The van der Waals surface area contributed by atoms with Crippen molar-refractivity contribution >= 4 is 17.7 Å². The van der Waals surface area contributed by atoms with E-state index in [-0.39, 0.29) is 6.54 Å². The molecule has 134 valence electrons. The third-order valence-corrected chi connectivity index (χ3v) is 3.85. The third kappa shape index (κ3) is 3.28. The fourth-order valence-electron chi connectivity index (χ4n) is 2.59. The van der Waals surface area contributed by atoms with Crippen molar-refractivity contribution in [3.05, 3.63) is 65.5 Å². The zero-order chi connectivity index (χ0) is 18.9. The normalized spacial score (nSPS) is 14.9. The van der Waals surface area contributed by atoms with Gasteiger partial charge in [0, 0.05) is 18.9 Å². The van der Waals surface area contributed by atoms with Gasteiger partial charge in [-0.15, -0.1) is 0 Å². The van der Waals surface area contributed by atoms with Crippen LogP contribution in [0, 0.1) is 0 Å². The van der Waals surface area contributed by atoms with Gasteiger partial charge in [0.1, 0.15) is 6.67 Å². The Kier molecular flexibility index (Phi) is 4.45. The van der Waals surface area contributed by atoms with Crippen molar-refractivity contribution in [1.29, 1.82) is 0 Å². The van der Waals surface area contributed by atoms with Crippen LogP contribution in [0.3, 0.4) is 0 Å². The summed E-state index contributed by atoms with van der Waals surface area (Å²) in [6.07, 6.45) is -3.15. The fraction of sp³-hybridized carbons (Fsp3) is 0.176. The number of hydrogen-bond donors (Lipinski definition) is 0. The van der Waals surface area contributed by atoms with Crippen LogP contribution in [0.2, 0.25) is 0 Å². The first-order valence-corrected chi connectivity index (χ1v) is 7.49. The molecule has 26 heavy (non-hydrogen) atoms. The molecule has 0 N–H and O–H groups in total. The number of benzene rings is 1. The number of halogens is 3. The van der Waals surface area contributed by atoms with Gasteiger partial charge in [-0.2, -0.15) is 13.2 Å². The molecule has 1 aliphatic heterocycles. The minimum atomic E-state index is -4.79. The Morgan fingerprint density at radius 1 is 1.08 bits per heavy atom. The van der Waals surface area contributed by atoms with Crippen LogP contribution in [0.25, 0.3) is 0 Å². The van der Waals surface area contributed by atoms with Crippen LogP contribution >= 0.6 is 0 Å². The van der Waals surface area contributed by atoms with Crippen LogP contribution in [-0.4, -0.2) is 39.2 Å². The zero-order valence-corrected chi connectivity index (χ0v) is 13.2. The van der Waals surface area contributed by atoms with Gasteiger partial charge in [0.25, 0.3) is 5.91 Å². The summed E-state index contributed by atoms with van der Waals surface area (Å²) < 4.78 is 39.2. The number of amides is 3. The van der Waals surface area contributed by atoms with Gasteiger partial charge in [-0.1, -0.05) is 30.3 Å². The predicted molar refractivity (Wildman–Crippen MR) is 82.3 cm³/mol. The van der Waals surface area contributed by atoms with Crippen LogP contribution in [0.4, 0.5) is 13.2 Å². The number of hydrogen-bond acceptors (Lipinski definition) is 4. The Balaban J connectivity index is 1.85. The number of carbonyl (C=O) groups excluding carboxylic acids is 3. The molecule has 1 aromatic carbocycles. The van der Waals surface area contributed by atoms with E-state index in [2.05, 4.69) is 4.98 Å². The summed E-state index contributed by atoms with van der Waals surface area (Å²) in [5, 5.41) is 0. The average Bonchev–Trinajstić information content (AvgIpc) is 2.90. The molecular formula is C17H12F3N3O3. The minimum absolute atomic E-state index is 0.0639. The zero-order valence-electron chi connectivity index (χ0n) is 13.2. The van der Waals surface area contributed by atoms with Crippen LogP contribution in [-0.2, 0) is 22.3 Å². The topological polar surface area (TPSA) is 70.6 Å². The van der Waals surface area contributed by atoms with Crippen LogP contribution in [0.1, 0.15) is 21.5 Å². The number of alkyl halides is 3. The summed E-state index contributed by atoms with van der Waals surface area (Å²) in [6.45, 7) is -0.355. The van der Waals surface area contributed by atoms with Crippen molar-refractivity contribution < 1.29 is 27.6 Å². The van der Waals surface area contributed by atoms with Crippen molar-refractivity contribution in [2.24, 2.45) is 0 Å². The summed E-state index contributed by atoms with van der Waals surface area (Å²) in [5.74, 6) is -3.32. The lowest BCUT2D eigenvalue weighted by atomic mass is 10.1. The summed E-state index contributed by atoms with van der Waals surface area (Å²) in [6, 6.07) is 9.36. The Labute approximate surface area is 145 Å². The Bertz CT molecular complexity index is 868. The summed E-state index contributed by atoms with van der Waals surface area (Å²) in [7, 11) is 0. The SMILES string of the molecule is O=C1C(=O)N(C(=O)c2cnccc2C(F)(F)F)CN1Cc1ccccc1. The standard InChI is InChI=1S/C17H12F3N3O3/c18-17(19,20)13-6-7-21-8-12(13)14(24)23-10-22(15(25)16(23)26)9-11-4-2-1-3-5-11/h1-8H,9-10H2. The molecule has 2 aromatic rings. The molecular weight excluding hydrogens is 351 g/mol. The van der Waals surface area contributed by atoms with Crippen molar-refractivity contribution in [1.82, 2.24) is 14.8 Å². The van der Waals surface area contributed by atoms with Crippen molar-refractivity contribution in [3.8, 4) is 0 Å². The first kappa shape index (κ1) is 17.6. The number of aromatic nitrogens is 1. The van der Waals surface area contributed by atoms with E-state index in [9.17, 15) is 27.6 Å². The highest BCUT2D eigenvalue weighted by Gasteiger charge is 2.43. The van der Waals surface area contributed by atoms with Gasteiger partial charge in [-0.25, -0.2) is 0 Å². The molecule has 0 unspecified atom stereocenters. The minimum Gasteiger partial charge on any atom is -0.312 e. The lowest BCUT2D eigenvalue weighted by Gasteiger charge is -2.18. The Morgan fingerprint density at radius 2 is 1.77 bits per heavy atom. The van der Waals surface area contributed by atoms with Gasteiger partial charge in [0.05, 0.1) is 11.1 Å². The van der Waals surface area contributed by atoms with E-state index in [1.54, 1.807) is 30.3 Å². The monoisotopic (exact) mass is 363 g/mol. The van der Waals surface area contributed by atoms with E-state index in [1.807, 2.05) is 0 Å². The van der Waals surface area contributed by atoms with Gasteiger partial charge in [0.2, 0.25) is 0 Å². The van der Waals surface area contributed by atoms with E-state index in [4.69, 9.17) is 0 Å². The van der Waals surface area contributed by atoms with E-state index < -0.39 is 41.7 Å². The van der Waals surface area contributed by atoms with Crippen LogP contribution in [0.15, 0.2) is 48.8 Å². The lowest BCUT2D eigenvalue weighted by Crippen LogP contribution is -2.35. The summed E-state index contributed by atoms with van der Waals surface area (Å²) in [4.78, 5) is 41.7. The number of rotatable bonds is 3. The van der Waals surface area contributed by atoms with E-state index >= 15 is 0 Å². The van der Waals surface area contributed by atoms with Crippen molar-refractivity contribution in [2.45, 2.75) is 12.7 Å². The van der Waals surface area contributed by atoms with Gasteiger partial charge in [0.15, 0.2) is 0 Å². The Morgan fingerprint density at radius 3 is 2.42 bits per heavy atom. The van der Waals surface area contributed by atoms with E-state index in [1.165, 1.54) is 0 Å². The first-order valence-electron chi connectivity index (χ1n) is 7.49. The van der Waals surface area contributed by atoms with Crippen LogP contribution in [0.5, 0.6) is 0 Å². The highest BCUT2D eigenvalue weighted by Crippen LogP contribution is 2.32. The average molecular weight is 363 g/mol. The molecule has 1 fully saturated rings. The van der Waals surface area contributed by atoms with Gasteiger partial charge >= 0.3 is 18.0 Å². The van der Waals surface area contributed by atoms with Gasteiger partial charge in [-0.3, -0.25) is 24.3 Å². The molecule has 1 aromatic heterocycles. The molecule has 2 heterocycles. The second-order valence-electron chi connectivity index (χ2n) is 5.59. The number of carbonyl (C=O) groups is 3. The maximum Gasteiger partial charge on any atom is 0.417 e. The van der Waals surface area contributed by atoms with Gasteiger partial charge in [-0.05, 0) is 11.6 Å². The highest BCUT2D eigenvalue weighted by atomic mass is 19.4. The van der Waals surface area contributed by atoms with E-state index in [0.29, 0.717) is 11.0 Å². The molecule has 1 aliphatic rings. The predicted octanol–water partition coefficient (Wildman–Crippen LogP) is 2.07. The van der Waals surface area contributed by atoms with Crippen molar-refractivity contribution in [3.63, 3.8) is 0 Å². The molecule has 3 amide bonds. The highest BCUT2D eigenvalue weighted by molar-refractivity contribution is 6.40. The molecule has 3 rings (SSSR count). The van der Waals surface area contributed by atoms with Gasteiger partial charge < -0.3 is 4.90 Å². The smallest absolute Gasteiger partial charge is 0.312 e. The molecule has 9 heteroatoms. The molecule has 0 bridgehead atoms. The maximum absolute atomic E-state index is 13.1. The second kappa shape index (κ2) is 6.58. The molecule has 0 saturated carbocycles. The molecule has 6 nitrogen and oxygen atoms in total. The summed E-state index contributed by atoms with van der Waals surface area (Å²) >= 11 is 0. The number of imide groups is 1. The molecule has 0 aliphatic carbocycles. The Hall–Kier alpha value is -3.23. The van der Waals surface area contributed by atoms with Crippen LogP contribution < -0.4 is 0 Å². The maximum atomic E-state index is 13.1. The lowest BCUT2D eigenvalue weighted by molar-refractivity contribution is -0.142. The number of nitrogens with zero attached hydrogens (tertiary/aromatic N) is 3. The fourth-order valence-corrected chi connectivity index (χ4v) is 2.59. The largest absolute Gasteiger partial charge is 0.417 e. The molecule has 0 spiro atoms.